The van der Waals surface area contributed by atoms with Crippen molar-refractivity contribution in [2.75, 3.05) is 26.1 Å². The highest BCUT2D eigenvalue weighted by atomic mass is 16.6. The van der Waals surface area contributed by atoms with Gasteiger partial charge in [0.05, 0.1) is 13.2 Å². The standard InChI is InChI=1S/C25H33N3O6/c1-25(2,3)34-24(31)26-20(18-12-14-19(15-13-18)28(4)5)21(22(29)32-6)27-23(30)33-16-17-10-8-7-9-11-17/h7-15,20-21H,16H2,1-6H3,(H,26,31)(H,27,30). The summed E-state index contributed by atoms with van der Waals surface area (Å²) >= 11 is 0. The monoisotopic (exact) mass is 471 g/mol. The van der Waals surface area contributed by atoms with Crippen LogP contribution in [0.1, 0.15) is 37.9 Å². The molecule has 0 spiro atoms. The van der Waals surface area contributed by atoms with Gasteiger partial charge in [-0.2, -0.15) is 0 Å². The van der Waals surface area contributed by atoms with Crippen molar-refractivity contribution in [3.8, 4) is 0 Å². The summed E-state index contributed by atoms with van der Waals surface area (Å²) in [5, 5.41) is 5.21. The Morgan fingerprint density at radius 1 is 0.912 bits per heavy atom. The van der Waals surface area contributed by atoms with Gasteiger partial charge in [-0.1, -0.05) is 42.5 Å². The van der Waals surface area contributed by atoms with Crippen LogP contribution in [0.25, 0.3) is 0 Å². The van der Waals surface area contributed by atoms with E-state index in [0.29, 0.717) is 5.56 Å². The zero-order chi connectivity index (χ0) is 25.3. The number of rotatable bonds is 8. The predicted molar refractivity (Wildman–Crippen MR) is 128 cm³/mol. The molecule has 0 aromatic heterocycles. The van der Waals surface area contributed by atoms with Crippen LogP contribution in [0.3, 0.4) is 0 Å². The molecular weight excluding hydrogens is 438 g/mol. The Hall–Kier alpha value is -3.75. The van der Waals surface area contributed by atoms with Gasteiger partial charge in [-0.25, -0.2) is 14.4 Å². The summed E-state index contributed by atoms with van der Waals surface area (Å²) in [5.41, 5.74) is 1.52. The van der Waals surface area contributed by atoms with Crippen molar-refractivity contribution in [3.05, 3.63) is 65.7 Å². The minimum atomic E-state index is -1.27. The first-order chi connectivity index (χ1) is 16.0. The summed E-state index contributed by atoms with van der Waals surface area (Å²) in [6.45, 7) is 5.20. The molecule has 0 heterocycles. The number of nitrogens with one attached hydrogen (secondary N) is 2. The highest BCUT2D eigenvalue weighted by Gasteiger charge is 2.35. The van der Waals surface area contributed by atoms with Crippen molar-refractivity contribution in [2.45, 2.75) is 45.1 Å². The topological polar surface area (TPSA) is 106 Å². The van der Waals surface area contributed by atoms with E-state index in [1.165, 1.54) is 7.11 Å². The first-order valence-electron chi connectivity index (χ1n) is 10.8. The molecule has 0 aliphatic rings. The van der Waals surface area contributed by atoms with Crippen molar-refractivity contribution in [3.63, 3.8) is 0 Å². The van der Waals surface area contributed by atoms with Crippen molar-refractivity contribution < 1.29 is 28.6 Å². The first-order valence-corrected chi connectivity index (χ1v) is 10.8. The number of carbonyl (C=O) groups excluding carboxylic acids is 3. The summed E-state index contributed by atoms with van der Waals surface area (Å²) in [5.74, 6) is -0.755. The van der Waals surface area contributed by atoms with Gasteiger partial charge < -0.3 is 29.7 Å². The lowest BCUT2D eigenvalue weighted by molar-refractivity contribution is -0.143. The number of carbonyl (C=O) groups is 3. The molecule has 0 fully saturated rings. The third kappa shape index (κ3) is 8.31. The number of esters is 1. The highest BCUT2D eigenvalue weighted by molar-refractivity contribution is 5.83. The van der Waals surface area contributed by atoms with Gasteiger partial charge in [0.25, 0.3) is 0 Å². The molecule has 2 N–H and O–H groups in total. The van der Waals surface area contributed by atoms with Crippen LogP contribution >= 0.6 is 0 Å². The van der Waals surface area contributed by atoms with Crippen LogP contribution in [-0.2, 0) is 25.6 Å². The quantitative estimate of drug-likeness (QED) is 0.446. The Labute approximate surface area is 200 Å². The van der Waals surface area contributed by atoms with Crippen molar-refractivity contribution in [1.82, 2.24) is 10.6 Å². The molecular formula is C25H33N3O6. The van der Waals surface area contributed by atoms with Gasteiger partial charge in [0.15, 0.2) is 6.04 Å². The molecule has 9 heteroatoms. The minimum Gasteiger partial charge on any atom is -0.467 e. The summed E-state index contributed by atoms with van der Waals surface area (Å²) in [6.07, 6.45) is -1.58. The van der Waals surface area contributed by atoms with E-state index >= 15 is 0 Å². The Balaban J connectivity index is 2.29. The van der Waals surface area contributed by atoms with Gasteiger partial charge in [0.2, 0.25) is 0 Å². The van der Waals surface area contributed by atoms with Crippen LogP contribution in [0, 0.1) is 0 Å². The third-order valence-corrected chi connectivity index (χ3v) is 4.72. The number of hydrogen-bond donors (Lipinski definition) is 2. The van der Waals surface area contributed by atoms with Crippen LogP contribution < -0.4 is 15.5 Å². The maximum absolute atomic E-state index is 12.7. The zero-order valence-corrected chi connectivity index (χ0v) is 20.5. The van der Waals surface area contributed by atoms with E-state index in [-0.39, 0.29) is 6.61 Å². The van der Waals surface area contributed by atoms with Gasteiger partial charge >= 0.3 is 18.2 Å². The van der Waals surface area contributed by atoms with Gasteiger partial charge in [-0.15, -0.1) is 0 Å². The summed E-state index contributed by atoms with van der Waals surface area (Å²) < 4.78 is 15.6. The van der Waals surface area contributed by atoms with E-state index in [9.17, 15) is 14.4 Å². The second-order valence-corrected chi connectivity index (χ2v) is 8.82. The zero-order valence-electron chi connectivity index (χ0n) is 20.5. The van der Waals surface area contributed by atoms with Crippen molar-refractivity contribution in [1.29, 1.82) is 0 Å². The molecule has 0 aliphatic carbocycles. The fourth-order valence-electron chi connectivity index (χ4n) is 3.07. The summed E-state index contributed by atoms with van der Waals surface area (Å²) in [6, 6.07) is 14.0. The van der Waals surface area contributed by atoms with E-state index in [2.05, 4.69) is 10.6 Å². The minimum absolute atomic E-state index is 0.0161. The maximum Gasteiger partial charge on any atom is 0.408 e. The number of amides is 2. The summed E-state index contributed by atoms with van der Waals surface area (Å²) in [4.78, 5) is 39.7. The molecule has 2 aromatic rings. The van der Waals surface area contributed by atoms with E-state index < -0.39 is 35.8 Å². The second-order valence-electron chi connectivity index (χ2n) is 8.82. The fraction of sp³-hybridized carbons (Fsp3) is 0.400. The molecule has 0 saturated carbocycles. The number of hydrogen-bond acceptors (Lipinski definition) is 7. The van der Waals surface area contributed by atoms with Gasteiger partial charge in [-0.3, -0.25) is 0 Å². The fourth-order valence-corrected chi connectivity index (χ4v) is 3.07. The van der Waals surface area contributed by atoms with E-state index in [0.717, 1.165) is 11.3 Å². The Kier molecular flexibility index (Phi) is 9.29. The molecule has 9 nitrogen and oxygen atoms in total. The molecule has 2 rings (SSSR count). The lowest BCUT2D eigenvalue weighted by Crippen LogP contribution is -2.51. The lowest BCUT2D eigenvalue weighted by Gasteiger charge is -2.29. The Bertz CT molecular complexity index is 955. The molecule has 0 radical (unpaired) electrons. The Morgan fingerprint density at radius 3 is 2.06 bits per heavy atom. The number of alkyl carbamates (subject to hydrolysis) is 2. The molecule has 2 atom stereocenters. The van der Waals surface area contributed by atoms with Crippen LogP contribution in [0.4, 0.5) is 15.3 Å². The maximum atomic E-state index is 12.7. The number of ether oxygens (including phenoxy) is 3. The average molecular weight is 472 g/mol. The number of nitrogens with zero attached hydrogens (tertiary/aromatic N) is 1. The van der Waals surface area contributed by atoms with Crippen LogP contribution in [0.5, 0.6) is 0 Å². The van der Waals surface area contributed by atoms with Gasteiger partial charge in [-0.05, 0) is 44.0 Å². The largest absolute Gasteiger partial charge is 0.467 e. The number of benzene rings is 2. The number of methoxy groups -OCH3 is 1. The van der Waals surface area contributed by atoms with Gasteiger partial charge in [0, 0.05) is 19.8 Å². The van der Waals surface area contributed by atoms with Crippen LogP contribution in [-0.4, -0.2) is 51.0 Å². The lowest BCUT2D eigenvalue weighted by atomic mass is 9.98. The SMILES string of the molecule is COC(=O)C(NC(=O)OCc1ccccc1)C(NC(=O)OC(C)(C)C)c1ccc(N(C)C)cc1. The van der Waals surface area contributed by atoms with Crippen LogP contribution in [0.15, 0.2) is 54.6 Å². The second kappa shape index (κ2) is 11.9. The van der Waals surface area contributed by atoms with Crippen molar-refractivity contribution >= 4 is 23.8 Å². The van der Waals surface area contributed by atoms with E-state index in [1.807, 2.05) is 61.5 Å². The van der Waals surface area contributed by atoms with E-state index in [4.69, 9.17) is 14.2 Å². The highest BCUT2D eigenvalue weighted by Crippen LogP contribution is 2.23. The van der Waals surface area contributed by atoms with Crippen molar-refractivity contribution in [2.24, 2.45) is 0 Å². The van der Waals surface area contributed by atoms with Crippen LogP contribution in [0.2, 0.25) is 0 Å². The molecule has 2 aromatic carbocycles. The number of anilines is 1. The van der Waals surface area contributed by atoms with Gasteiger partial charge in [0.1, 0.15) is 12.2 Å². The molecule has 0 aliphatic heterocycles. The molecule has 0 saturated heterocycles. The molecule has 0 bridgehead atoms. The molecule has 34 heavy (non-hydrogen) atoms. The third-order valence-electron chi connectivity index (χ3n) is 4.72. The average Bonchev–Trinajstić information content (AvgIpc) is 2.79. The smallest absolute Gasteiger partial charge is 0.408 e. The molecule has 2 amide bonds. The Morgan fingerprint density at radius 2 is 1.53 bits per heavy atom. The normalized spacial score (nSPS) is 12.6. The van der Waals surface area contributed by atoms with E-state index in [1.54, 1.807) is 32.9 Å². The first kappa shape index (κ1) is 26.5. The summed E-state index contributed by atoms with van der Waals surface area (Å²) in [7, 11) is 4.99. The molecule has 2 unspecified atom stereocenters. The predicted octanol–water partition coefficient (Wildman–Crippen LogP) is 3.79. The molecule has 184 valence electrons.